The smallest absolute Gasteiger partial charge is 0.387 e. The van der Waals surface area contributed by atoms with Crippen LogP contribution in [-0.2, 0) is 0 Å². The summed E-state index contributed by atoms with van der Waals surface area (Å²) >= 11 is 0. The van der Waals surface area contributed by atoms with Crippen LogP contribution in [0.3, 0.4) is 0 Å². The molecule has 2 aromatic rings. The first-order chi connectivity index (χ1) is 11.9. The Balaban J connectivity index is 0.000000257. The van der Waals surface area contributed by atoms with Gasteiger partial charge in [-0.15, -0.1) is 0 Å². The summed E-state index contributed by atoms with van der Waals surface area (Å²) in [5.41, 5.74) is 0.822. The van der Waals surface area contributed by atoms with Crippen molar-refractivity contribution in [2.75, 3.05) is 14.2 Å². The van der Waals surface area contributed by atoms with Crippen molar-refractivity contribution < 1.29 is 37.7 Å². The molecule has 2 aromatic carbocycles. The van der Waals surface area contributed by atoms with Crippen molar-refractivity contribution in [1.82, 2.24) is 0 Å². The van der Waals surface area contributed by atoms with Gasteiger partial charge in [0.1, 0.15) is 12.6 Å². The van der Waals surface area contributed by atoms with Gasteiger partial charge < -0.3 is 19.3 Å². The highest BCUT2D eigenvalue weighted by Gasteiger charge is 2.10. The highest BCUT2D eigenvalue weighted by Crippen LogP contribution is 2.28. The monoisotopic (exact) mass is 354 g/mol. The molecule has 134 valence electrons. The lowest BCUT2D eigenvalue weighted by molar-refractivity contribution is -0.0512. The molecule has 0 unspecified atom stereocenters. The van der Waals surface area contributed by atoms with Gasteiger partial charge in [-0.1, -0.05) is 0 Å². The maximum Gasteiger partial charge on any atom is 0.387 e. The van der Waals surface area contributed by atoms with Crippen LogP contribution in [0.1, 0.15) is 20.7 Å². The third-order valence-corrected chi connectivity index (χ3v) is 2.88. The van der Waals surface area contributed by atoms with Crippen molar-refractivity contribution in [1.29, 1.82) is 0 Å². The number of rotatable bonds is 6. The summed E-state index contributed by atoms with van der Waals surface area (Å²) in [7, 11) is 2.74. The maximum absolute atomic E-state index is 11.9. The lowest BCUT2D eigenvalue weighted by atomic mass is 10.2. The molecule has 0 saturated heterocycles. The van der Waals surface area contributed by atoms with E-state index in [1.54, 1.807) is 0 Å². The summed E-state index contributed by atoms with van der Waals surface area (Å²) in [6.07, 6.45) is 1.29. The zero-order chi connectivity index (χ0) is 18.8. The summed E-state index contributed by atoms with van der Waals surface area (Å²) in [5.74, 6) is 0.371. The molecule has 0 aliphatic heterocycles. The van der Waals surface area contributed by atoms with Crippen molar-refractivity contribution in [3.05, 3.63) is 47.5 Å². The van der Waals surface area contributed by atoms with Gasteiger partial charge in [0, 0.05) is 11.1 Å². The molecule has 6 nitrogen and oxygen atoms in total. The Hall–Kier alpha value is -3.16. The largest absolute Gasteiger partial charge is 0.504 e. The van der Waals surface area contributed by atoms with Gasteiger partial charge in [-0.2, -0.15) is 8.78 Å². The van der Waals surface area contributed by atoms with E-state index in [2.05, 4.69) is 4.74 Å². The number of carbonyl (C=O) groups is 2. The Kier molecular flexibility index (Phi) is 7.85. The Labute approximate surface area is 142 Å². The number of methoxy groups -OCH3 is 2. The number of phenolic OH excluding ortho intramolecular Hbond substituents is 1. The van der Waals surface area contributed by atoms with Crippen LogP contribution in [0.25, 0.3) is 0 Å². The van der Waals surface area contributed by atoms with Crippen LogP contribution >= 0.6 is 0 Å². The number of phenols is 1. The molecule has 0 heterocycles. The van der Waals surface area contributed by atoms with Gasteiger partial charge in [0.15, 0.2) is 23.0 Å². The fourth-order valence-corrected chi connectivity index (χ4v) is 1.72. The molecule has 0 atom stereocenters. The second-order valence-corrected chi connectivity index (χ2v) is 4.46. The van der Waals surface area contributed by atoms with E-state index in [1.165, 1.54) is 50.6 Å². The second kappa shape index (κ2) is 9.86. The number of alkyl halides is 2. The molecule has 0 fully saturated rings. The zero-order valence-electron chi connectivity index (χ0n) is 13.4. The van der Waals surface area contributed by atoms with Crippen molar-refractivity contribution in [2.45, 2.75) is 6.61 Å². The second-order valence-electron chi connectivity index (χ2n) is 4.46. The molecule has 0 aliphatic rings. The average Bonchev–Trinajstić information content (AvgIpc) is 2.62. The molecule has 8 heteroatoms. The SMILES string of the molecule is COc1cc(C=O)ccc1O.COc1cc(C=O)ccc1OC(F)F. The fourth-order valence-electron chi connectivity index (χ4n) is 1.72. The molecule has 1 N–H and O–H groups in total. The van der Waals surface area contributed by atoms with E-state index in [1.807, 2.05) is 0 Å². The minimum Gasteiger partial charge on any atom is -0.504 e. The van der Waals surface area contributed by atoms with Crippen LogP contribution in [0.2, 0.25) is 0 Å². The van der Waals surface area contributed by atoms with E-state index >= 15 is 0 Å². The van der Waals surface area contributed by atoms with E-state index in [4.69, 9.17) is 14.6 Å². The van der Waals surface area contributed by atoms with E-state index in [9.17, 15) is 18.4 Å². The minimum atomic E-state index is -2.91. The van der Waals surface area contributed by atoms with Crippen LogP contribution in [0.5, 0.6) is 23.0 Å². The average molecular weight is 354 g/mol. The van der Waals surface area contributed by atoms with Gasteiger partial charge in [-0.05, 0) is 36.4 Å². The summed E-state index contributed by atoms with van der Waals surface area (Å²) in [6.45, 7) is -2.91. The van der Waals surface area contributed by atoms with Gasteiger partial charge in [0.05, 0.1) is 14.2 Å². The van der Waals surface area contributed by atoms with Crippen molar-refractivity contribution >= 4 is 12.6 Å². The van der Waals surface area contributed by atoms with Crippen LogP contribution < -0.4 is 14.2 Å². The predicted octanol–water partition coefficient (Wildman–Crippen LogP) is 3.32. The standard InChI is InChI=1S/C9H8F2O3.C8H8O3/c1-13-8-4-6(5-12)2-3-7(8)14-9(10)11;1-11-8-4-6(5-9)2-3-7(8)10/h2-5,9H,1H3;2-5,10H,1H3. The first kappa shape index (κ1) is 19.9. The molecule has 2 rings (SSSR count). The van der Waals surface area contributed by atoms with Crippen molar-refractivity contribution in [2.24, 2.45) is 0 Å². The van der Waals surface area contributed by atoms with Gasteiger partial charge in [-0.25, -0.2) is 0 Å². The minimum absolute atomic E-state index is 0.0399. The van der Waals surface area contributed by atoms with Crippen molar-refractivity contribution in [3.63, 3.8) is 0 Å². The Morgan fingerprint density at radius 3 is 1.88 bits per heavy atom. The molecular weight excluding hydrogens is 338 g/mol. The Bertz CT molecular complexity index is 718. The number of aromatic hydroxyl groups is 1. The maximum atomic E-state index is 11.9. The molecule has 0 aliphatic carbocycles. The Morgan fingerprint density at radius 2 is 1.40 bits per heavy atom. The zero-order valence-corrected chi connectivity index (χ0v) is 13.4. The topological polar surface area (TPSA) is 82.1 Å². The lowest BCUT2D eigenvalue weighted by Gasteiger charge is -2.09. The highest BCUT2D eigenvalue weighted by molar-refractivity contribution is 5.76. The number of benzene rings is 2. The van der Waals surface area contributed by atoms with Gasteiger partial charge in [-0.3, -0.25) is 9.59 Å². The van der Waals surface area contributed by atoms with Crippen LogP contribution in [0.4, 0.5) is 8.78 Å². The lowest BCUT2D eigenvalue weighted by Crippen LogP contribution is -2.03. The molecule has 0 spiro atoms. The summed E-state index contributed by atoms with van der Waals surface area (Å²) in [4.78, 5) is 20.6. The van der Waals surface area contributed by atoms with E-state index in [0.717, 1.165) is 0 Å². The number of hydrogen-bond acceptors (Lipinski definition) is 6. The third kappa shape index (κ3) is 6.09. The molecule has 0 radical (unpaired) electrons. The molecule has 25 heavy (non-hydrogen) atoms. The number of halogens is 2. The highest BCUT2D eigenvalue weighted by atomic mass is 19.3. The molecule has 0 aromatic heterocycles. The molecule has 0 saturated carbocycles. The van der Waals surface area contributed by atoms with Gasteiger partial charge in [0.25, 0.3) is 0 Å². The predicted molar refractivity (Wildman–Crippen MR) is 85.1 cm³/mol. The number of hydrogen-bond donors (Lipinski definition) is 1. The third-order valence-electron chi connectivity index (χ3n) is 2.88. The number of aldehydes is 2. The van der Waals surface area contributed by atoms with E-state index < -0.39 is 6.61 Å². The number of ether oxygens (including phenoxy) is 3. The summed E-state index contributed by atoms with van der Waals surface area (Å²) in [6, 6.07) is 8.36. The fraction of sp³-hybridized carbons (Fsp3) is 0.176. The summed E-state index contributed by atoms with van der Waals surface area (Å²) < 4.78 is 37.5. The van der Waals surface area contributed by atoms with Crippen LogP contribution in [0.15, 0.2) is 36.4 Å². The Morgan fingerprint density at radius 1 is 0.880 bits per heavy atom. The summed E-state index contributed by atoms with van der Waals surface area (Å²) in [5, 5.41) is 9.09. The molecule has 0 bridgehead atoms. The normalized spacial score (nSPS) is 9.64. The van der Waals surface area contributed by atoms with Gasteiger partial charge in [0.2, 0.25) is 0 Å². The van der Waals surface area contributed by atoms with E-state index in [-0.39, 0.29) is 17.2 Å². The van der Waals surface area contributed by atoms with Crippen LogP contribution in [0, 0.1) is 0 Å². The first-order valence-electron chi connectivity index (χ1n) is 6.85. The molecule has 0 amide bonds. The quantitative estimate of drug-likeness (QED) is 0.802. The number of carbonyl (C=O) groups excluding carboxylic acids is 2. The van der Waals surface area contributed by atoms with Gasteiger partial charge >= 0.3 is 6.61 Å². The van der Waals surface area contributed by atoms with Crippen LogP contribution in [-0.4, -0.2) is 38.5 Å². The first-order valence-corrected chi connectivity index (χ1v) is 6.85. The van der Waals surface area contributed by atoms with E-state index in [0.29, 0.717) is 29.4 Å². The van der Waals surface area contributed by atoms with Crippen molar-refractivity contribution in [3.8, 4) is 23.0 Å². The molecular formula is C17H16F2O6.